The minimum absolute atomic E-state index is 0.111. The number of carboxylic acids is 1. The Kier molecular flexibility index (Phi) is 3.46. The van der Waals surface area contributed by atoms with Crippen LogP contribution in [-0.4, -0.2) is 37.4 Å². The van der Waals surface area contributed by atoms with Gasteiger partial charge in [-0.2, -0.15) is 0 Å². The summed E-state index contributed by atoms with van der Waals surface area (Å²) in [7, 11) is 0. The van der Waals surface area contributed by atoms with Gasteiger partial charge in [-0.15, -0.1) is 0 Å². The molecule has 0 aromatic carbocycles. The predicted octanol–water partition coefficient (Wildman–Crippen LogP) is 0.568. The Morgan fingerprint density at radius 3 is 2.47 bits per heavy atom. The van der Waals surface area contributed by atoms with Gasteiger partial charge in [-0.05, 0) is 5.92 Å². The first-order chi connectivity index (χ1) is 9.00. The van der Waals surface area contributed by atoms with E-state index in [9.17, 15) is 9.59 Å². The molecule has 0 bridgehead atoms. The molecule has 0 spiro atoms. The van der Waals surface area contributed by atoms with Crippen molar-refractivity contribution >= 4 is 17.5 Å². The van der Waals surface area contributed by atoms with Crippen LogP contribution in [0.1, 0.15) is 24.3 Å². The molecule has 100 valence electrons. The van der Waals surface area contributed by atoms with Gasteiger partial charge in [0, 0.05) is 24.8 Å². The van der Waals surface area contributed by atoms with E-state index in [4.69, 9.17) is 5.11 Å². The molecular weight excluding hydrogens is 248 g/mol. The molecule has 7 nitrogen and oxygen atoms in total. The van der Waals surface area contributed by atoms with Crippen molar-refractivity contribution in [3.63, 3.8) is 0 Å². The van der Waals surface area contributed by atoms with Gasteiger partial charge >= 0.3 is 5.97 Å². The summed E-state index contributed by atoms with van der Waals surface area (Å²) in [6.45, 7) is 3.45. The van der Waals surface area contributed by atoms with Gasteiger partial charge < -0.3 is 14.8 Å². The Labute approximate surface area is 109 Å². The highest BCUT2D eigenvalue weighted by atomic mass is 16.4. The smallest absolute Gasteiger partial charge is 0.326 e. The van der Waals surface area contributed by atoms with E-state index in [0.29, 0.717) is 5.65 Å². The van der Waals surface area contributed by atoms with Crippen LogP contribution in [0.3, 0.4) is 0 Å². The predicted molar refractivity (Wildman–Crippen MR) is 66.7 cm³/mol. The van der Waals surface area contributed by atoms with E-state index in [2.05, 4.69) is 15.3 Å². The summed E-state index contributed by atoms with van der Waals surface area (Å²) in [6, 6.07) is -0.954. The van der Waals surface area contributed by atoms with Crippen molar-refractivity contribution in [2.75, 3.05) is 0 Å². The second-order valence-corrected chi connectivity index (χ2v) is 4.47. The molecule has 19 heavy (non-hydrogen) atoms. The van der Waals surface area contributed by atoms with Gasteiger partial charge in [0.2, 0.25) is 0 Å². The number of fused-ring (bicyclic) bond motifs is 1. The molecule has 2 heterocycles. The summed E-state index contributed by atoms with van der Waals surface area (Å²) in [5.74, 6) is -1.84. The van der Waals surface area contributed by atoms with E-state index < -0.39 is 17.9 Å². The van der Waals surface area contributed by atoms with Crippen molar-refractivity contribution in [2.45, 2.75) is 19.9 Å². The molecule has 2 rings (SSSR count). The number of carbonyl (C=O) groups is 2. The fraction of sp³-hybridized carbons (Fsp3) is 0.333. The van der Waals surface area contributed by atoms with E-state index in [1.807, 2.05) is 0 Å². The van der Waals surface area contributed by atoms with Gasteiger partial charge in [0.25, 0.3) is 5.91 Å². The minimum atomic E-state index is -1.07. The van der Waals surface area contributed by atoms with Crippen LogP contribution in [0.4, 0.5) is 0 Å². The third kappa shape index (κ3) is 2.54. The molecule has 0 radical (unpaired) electrons. The first-order valence-electron chi connectivity index (χ1n) is 5.82. The minimum Gasteiger partial charge on any atom is -0.480 e. The molecule has 2 aromatic rings. The van der Waals surface area contributed by atoms with Crippen molar-refractivity contribution in [1.29, 1.82) is 0 Å². The number of aliphatic carboxylic acids is 1. The van der Waals surface area contributed by atoms with Crippen molar-refractivity contribution < 1.29 is 14.7 Å². The quantitative estimate of drug-likeness (QED) is 0.839. The number of imidazole rings is 1. The Bertz CT molecular complexity index is 620. The number of carboxylic acid groups (broad SMARTS) is 1. The molecule has 0 aliphatic carbocycles. The normalized spacial score (nSPS) is 12.6. The number of hydrogen-bond donors (Lipinski definition) is 2. The zero-order valence-electron chi connectivity index (χ0n) is 10.6. The molecule has 1 atom stereocenters. The average Bonchev–Trinajstić information content (AvgIpc) is 2.82. The third-order valence-electron chi connectivity index (χ3n) is 2.75. The number of rotatable bonds is 4. The topological polar surface area (TPSA) is 96.6 Å². The van der Waals surface area contributed by atoms with Gasteiger partial charge in [-0.1, -0.05) is 13.8 Å². The number of aromatic nitrogens is 3. The highest BCUT2D eigenvalue weighted by Gasteiger charge is 2.25. The van der Waals surface area contributed by atoms with E-state index in [-0.39, 0.29) is 11.6 Å². The number of amides is 1. The van der Waals surface area contributed by atoms with E-state index >= 15 is 0 Å². The fourth-order valence-corrected chi connectivity index (χ4v) is 1.74. The highest BCUT2D eigenvalue weighted by molar-refractivity contribution is 5.99. The summed E-state index contributed by atoms with van der Waals surface area (Å²) in [5.41, 5.74) is 0.507. The van der Waals surface area contributed by atoms with Gasteiger partial charge in [0.05, 0.1) is 0 Å². The molecule has 2 N–H and O–H groups in total. The molecule has 0 aliphatic heterocycles. The molecular formula is C12H14N4O3. The SMILES string of the molecule is CC(C)[C@H](NC(=O)c1nccn2ccnc12)C(=O)O. The Morgan fingerprint density at radius 1 is 1.26 bits per heavy atom. The van der Waals surface area contributed by atoms with Gasteiger partial charge in [0.15, 0.2) is 11.3 Å². The maximum atomic E-state index is 12.1. The average molecular weight is 262 g/mol. The lowest BCUT2D eigenvalue weighted by molar-refractivity contribution is -0.140. The van der Waals surface area contributed by atoms with E-state index in [0.717, 1.165) is 0 Å². The third-order valence-corrected chi connectivity index (χ3v) is 2.75. The highest BCUT2D eigenvalue weighted by Crippen LogP contribution is 2.08. The second-order valence-electron chi connectivity index (χ2n) is 4.47. The molecule has 2 aromatic heterocycles. The zero-order valence-corrected chi connectivity index (χ0v) is 10.6. The van der Waals surface area contributed by atoms with Gasteiger partial charge in [-0.25, -0.2) is 14.8 Å². The van der Waals surface area contributed by atoms with Crippen LogP contribution < -0.4 is 5.32 Å². The largest absolute Gasteiger partial charge is 0.480 e. The maximum absolute atomic E-state index is 12.1. The Morgan fingerprint density at radius 2 is 1.89 bits per heavy atom. The van der Waals surface area contributed by atoms with Crippen LogP contribution in [0, 0.1) is 5.92 Å². The molecule has 0 aliphatic rings. The number of nitrogens with one attached hydrogen (secondary N) is 1. The second kappa shape index (κ2) is 5.05. The van der Waals surface area contributed by atoms with Crippen LogP contribution in [-0.2, 0) is 4.79 Å². The van der Waals surface area contributed by atoms with E-state index in [1.165, 1.54) is 6.20 Å². The lowest BCUT2D eigenvalue weighted by Crippen LogP contribution is -2.44. The molecule has 0 saturated heterocycles. The first-order valence-corrected chi connectivity index (χ1v) is 5.82. The molecule has 0 unspecified atom stereocenters. The number of carbonyl (C=O) groups excluding carboxylic acids is 1. The lowest BCUT2D eigenvalue weighted by atomic mass is 10.0. The van der Waals surface area contributed by atoms with Crippen LogP contribution in [0.25, 0.3) is 5.65 Å². The van der Waals surface area contributed by atoms with Crippen molar-refractivity contribution in [3.8, 4) is 0 Å². The summed E-state index contributed by atoms with van der Waals surface area (Å²) in [6.07, 6.45) is 6.36. The van der Waals surface area contributed by atoms with Crippen LogP contribution >= 0.6 is 0 Å². The molecule has 1 amide bonds. The Balaban J connectivity index is 2.29. The van der Waals surface area contributed by atoms with Crippen molar-refractivity contribution in [1.82, 2.24) is 19.7 Å². The maximum Gasteiger partial charge on any atom is 0.326 e. The molecule has 0 saturated carbocycles. The van der Waals surface area contributed by atoms with Gasteiger partial charge in [0.1, 0.15) is 6.04 Å². The standard InChI is InChI=1S/C12H14N4O3/c1-7(2)8(12(18)19)15-11(17)9-10-14-4-6-16(10)5-3-13-9/h3-8H,1-2H3,(H,15,17)(H,18,19)/t8-/m0/s1. The number of nitrogens with zero attached hydrogens (tertiary/aromatic N) is 3. The fourth-order valence-electron chi connectivity index (χ4n) is 1.74. The van der Waals surface area contributed by atoms with Gasteiger partial charge in [-0.3, -0.25) is 4.79 Å². The first kappa shape index (κ1) is 13.0. The van der Waals surface area contributed by atoms with Crippen LogP contribution in [0.15, 0.2) is 24.8 Å². The zero-order chi connectivity index (χ0) is 14.0. The number of hydrogen-bond acceptors (Lipinski definition) is 4. The van der Waals surface area contributed by atoms with Crippen molar-refractivity contribution in [3.05, 3.63) is 30.5 Å². The van der Waals surface area contributed by atoms with Crippen LogP contribution in [0.2, 0.25) is 0 Å². The van der Waals surface area contributed by atoms with Crippen molar-refractivity contribution in [2.24, 2.45) is 5.92 Å². The summed E-state index contributed by atoms with van der Waals surface area (Å²) in [4.78, 5) is 31.1. The molecule has 7 heteroatoms. The Hall–Kier alpha value is -2.44. The monoisotopic (exact) mass is 262 g/mol. The molecule has 0 fully saturated rings. The summed E-state index contributed by atoms with van der Waals surface area (Å²) >= 11 is 0. The van der Waals surface area contributed by atoms with Crippen LogP contribution in [0.5, 0.6) is 0 Å². The van der Waals surface area contributed by atoms with E-state index in [1.54, 1.807) is 36.8 Å². The lowest BCUT2D eigenvalue weighted by Gasteiger charge is -2.17. The summed E-state index contributed by atoms with van der Waals surface area (Å²) < 4.78 is 1.65. The summed E-state index contributed by atoms with van der Waals surface area (Å²) in [5, 5.41) is 11.5.